The van der Waals surface area contributed by atoms with Crippen LogP contribution in [0, 0.1) is 5.41 Å². The number of carbonyl (C=O) groups excluding carboxylic acids is 2. The molecule has 1 heterocycles. The summed E-state index contributed by atoms with van der Waals surface area (Å²) >= 11 is 0. The molecule has 1 atom stereocenters. The van der Waals surface area contributed by atoms with Crippen molar-refractivity contribution >= 4 is 38.6 Å². The third-order valence-corrected chi connectivity index (χ3v) is 8.06. The molecule has 1 aliphatic heterocycles. The first-order valence-corrected chi connectivity index (χ1v) is 14.3. The van der Waals surface area contributed by atoms with E-state index in [1.807, 2.05) is 36.4 Å². The van der Waals surface area contributed by atoms with Crippen LogP contribution in [0.2, 0.25) is 0 Å². The second kappa shape index (κ2) is 12.5. The summed E-state index contributed by atoms with van der Waals surface area (Å²) in [7, 11) is -2.53. The number of hydrogen-bond donors (Lipinski definition) is 4. The molecule has 4 rings (SSSR count). The van der Waals surface area contributed by atoms with Crippen molar-refractivity contribution in [1.82, 2.24) is 19.2 Å². The number of methoxy groups -OCH3 is 1. The Morgan fingerprint density at radius 3 is 2.40 bits per heavy atom. The van der Waals surface area contributed by atoms with Gasteiger partial charge in [0.25, 0.3) is 10.2 Å². The molecule has 0 aromatic heterocycles. The summed E-state index contributed by atoms with van der Waals surface area (Å²) in [5.74, 6) is 0.117. The zero-order chi connectivity index (χ0) is 28.9. The van der Waals surface area contributed by atoms with E-state index in [1.165, 1.54) is 6.92 Å². The second-order valence-corrected chi connectivity index (χ2v) is 11.2. The minimum absolute atomic E-state index is 0.0109. The molecule has 3 aromatic carbocycles. The van der Waals surface area contributed by atoms with E-state index in [9.17, 15) is 18.0 Å². The fourth-order valence-corrected chi connectivity index (χ4v) is 5.74. The van der Waals surface area contributed by atoms with E-state index in [0.29, 0.717) is 43.1 Å². The second-order valence-electron chi connectivity index (χ2n) is 9.65. The maximum atomic E-state index is 13.6. The van der Waals surface area contributed by atoms with E-state index >= 15 is 0 Å². The first-order valence-electron chi connectivity index (χ1n) is 12.9. The number of ether oxygens (including phenoxy) is 1. The number of carbonyl (C=O) groups is 2. The van der Waals surface area contributed by atoms with Crippen molar-refractivity contribution in [3.05, 3.63) is 77.4 Å². The van der Waals surface area contributed by atoms with E-state index in [2.05, 4.69) is 9.44 Å². The van der Waals surface area contributed by atoms with Gasteiger partial charge >= 0.3 is 0 Å². The third-order valence-electron chi connectivity index (χ3n) is 6.94. The molecule has 1 unspecified atom stereocenters. The van der Waals surface area contributed by atoms with Crippen LogP contribution in [0.1, 0.15) is 23.6 Å². The van der Waals surface area contributed by atoms with E-state index in [4.69, 9.17) is 15.9 Å². The van der Waals surface area contributed by atoms with Crippen LogP contribution in [0.25, 0.3) is 10.8 Å². The molecule has 0 bridgehead atoms. The molecule has 1 saturated heterocycles. The Hall–Kier alpha value is -4.00. The maximum Gasteiger partial charge on any atom is 0.277 e. The van der Waals surface area contributed by atoms with Crippen LogP contribution in [-0.4, -0.2) is 75.2 Å². The minimum Gasteiger partial charge on any atom is -0.497 e. The maximum absolute atomic E-state index is 13.6. The van der Waals surface area contributed by atoms with Gasteiger partial charge in [0.2, 0.25) is 11.8 Å². The lowest BCUT2D eigenvalue weighted by Crippen LogP contribution is -2.57. The third kappa shape index (κ3) is 7.14. The van der Waals surface area contributed by atoms with Crippen molar-refractivity contribution in [1.29, 1.82) is 5.41 Å². The molecule has 0 saturated carbocycles. The molecular formula is C28H34N6O5S. The highest BCUT2D eigenvalue weighted by atomic mass is 32.2. The zero-order valence-electron chi connectivity index (χ0n) is 22.5. The van der Waals surface area contributed by atoms with Crippen molar-refractivity contribution in [3.63, 3.8) is 0 Å². The highest BCUT2D eigenvalue weighted by molar-refractivity contribution is 7.87. The van der Waals surface area contributed by atoms with Gasteiger partial charge in [0, 0.05) is 45.2 Å². The molecule has 0 radical (unpaired) electrons. The van der Waals surface area contributed by atoms with E-state index in [0.717, 1.165) is 16.3 Å². The molecule has 1 fully saturated rings. The summed E-state index contributed by atoms with van der Waals surface area (Å²) in [5, 5.41) is 9.50. The van der Waals surface area contributed by atoms with Gasteiger partial charge in [-0.05, 0) is 46.5 Å². The van der Waals surface area contributed by atoms with Crippen LogP contribution in [0.4, 0.5) is 0 Å². The largest absolute Gasteiger partial charge is 0.497 e. The number of nitrogens with two attached hydrogens (primary N) is 1. The average Bonchev–Trinajstić information content (AvgIpc) is 2.95. The van der Waals surface area contributed by atoms with Crippen LogP contribution in [-0.2, 0) is 32.8 Å². The highest BCUT2D eigenvalue weighted by Crippen LogP contribution is 2.24. The zero-order valence-corrected chi connectivity index (χ0v) is 23.3. The molecule has 212 valence electrons. The monoisotopic (exact) mass is 566 g/mol. The predicted octanol–water partition coefficient (Wildman–Crippen LogP) is 1.36. The summed E-state index contributed by atoms with van der Waals surface area (Å²) in [6.07, 6.45) is 0.0574. The number of nitrogen functional groups attached to an aromatic ring is 1. The molecule has 2 amide bonds. The summed E-state index contributed by atoms with van der Waals surface area (Å²) in [6.45, 7) is 2.86. The van der Waals surface area contributed by atoms with Crippen LogP contribution >= 0.6 is 0 Å². The topological polar surface area (TPSA) is 158 Å². The summed E-state index contributed by atoms with van der Waals surface area (Å²) in [4.78, 5) is 28.5. The Morgan fingerprint density at radius 2 is 1.73 bits per heavy atom. The van der Waals surface area contributed by atoms with E-state index in [1.54, 1.807) is 41.2 Å². The quantitative estimate of drug-likeness (QED) is 0.214. The van der Waals surface area contributed by atoms with Gasteiger partial charge in [-0.25, -0.2) is 0 Å². The molecule has 0 aliphatic carbocycles. The van der Waals surface area contributed by atoms with E-state index < -0.39 is 16.3 Å². The van der Waals surface area contributed by atoms with Crippen LogP contribution in [0.5, 0.6) is 5.75 Å². The molecule has 1 aliphatic rings. The van der Waals surface area contributed by atoms with Gasteiger partial charge < -0.3 is 20.3 Å². The fourth-order valence-electron chi connectivity index (χ4n) is 4.75. The molecular weight excluding hydrogens is 532 g/mol. The molecule has 5 N–H and O–H groups in total. The van der Waals surface area contributed by atoms with Crippen LogP contribution in [0.15, 0.2) is 60.7 Å². The smallest absolute Gasteiger partial charge is 0.277 e. The standard InChI is InChI=1S/C28H34N6O5S/c1-19(35)33-11-13-34(14-12-33)28(36)26(16-20-5-3-7-22(15-20)27(29)30)32-40(37,38)31-18-23-8-4-6-21-17-24(39-2)9-10-25(21)23/h3-10,15,17,26,31-32H,11-14,16,18H2,1-2H3,(H3,29,30). The average molecular weight is 567 g/mol. The van der Waals surface area contributed by atoms with Crippen LogP contribution in [0.3, 0.4) is 0 Å². The number of piperazine rings is 1. The number of fused-ring (bicyclic) bond motifs is 1. The predicted molar refractivity (Wildman–Crippen MR) is 153 cm³/mol. The first kappa shape index (κ1) is 29.0. The van der Waals surface area contributed by atoms with Gasteiger partial charge in [-0.3, -0.25) is 15.0 Å². The summed E-state index contributed by atoms with van der Waals surface area (Å²) < 4.78 is 36.8. The van der Waals surface area contributed by atoms with Crippen molar-refractivity contribution in [2.24, 2.45) is 5.73 Å². The van der Waals surface area contributed by atoms with Gasteiger partial charge in [-0.2, -0.15) is 17.9 Å². The Balaban J connectivity index is 1.53. The van der Waals surface area contributed by atoms with Gasteiger partial charge in [0.1, 0.15) is 17.6 Å². The number of benzene rings is 3. The summed E-state index contributed by atoms with van der Waals surface area (Å²) in [6, 6.07) is 16.9. The van der Waals surface area contributed by atoms with Crippen molar-refractivity contribution < 1.29 is 22.7 Å². The molecule has 40 heavy (non-hydrogen) atoms. The number of nitrogens with zero attached hydrogens (tertiary/aromatic N) is 2. The Kier molecular flexibility index (Phi) is 9.03. The SMILES string of the molecule is COc1ccc2c(CNS(=O)(=O)NC(Cc3cccc(C(=N)N)c3)C(=O)N3CCN(C(C)=O)CC3)cccc2c1. The lowest BCUT2D eigenvalue weighted by molar-refractivity contribution is -0.139. The van der Waals surface area contributed by atoms with Crippen molar-refractivity contribution in [3.8, 4) is 5.75 Å². The fraction of sp³-hybridized carbons (Fsp3) is 0.321. The molecule has 12 heteroatoms. The highest BCUT2D eigenvalue weighted by Gasteiger charge is 2.31. The Labute approximate surface area is 234 Å². The number of amides is 2. The first-order chi connectivity index (χ1) is 19.1. The molecule has 3 aromatic rings. The van der Waals surface area contributed by atoms with Gasteiger partial charge in [0.15, 0.2) is 0 Å². The van der Waals surface area contributed by atoms with Gasteiger partial charge in [-0.1, -0.05) is 42.5 Å². The lowest BCUT2D eigenvalue weighted by atomic mass is 10.0. The lowest BCUT2D eigenvalue weighted by Gasteiger charge is -2.36. The number of nitrogens with one attached hydrogen (secondary N) is 3. The minimum atomic E-state index is -4.12. The Morgan fingerprint density at radius 1 is 1.02 bits per heavy atom. The molecule has 0 spiro atoms. The number of amidine groups is 1. The number of rotatable bonds is 10. The van der Waals surface area contributed by atoms with Crippen molar-refractivity contribution in [2.45, 2.75) is 25.9 Å². The summed E-state index contributed by atoms with van der Waals surface area (Å²) in [5.41, 5.74) is 7.52. The van der Waals surface area contributed by atoms with Gasteiger partial charge in [0.05, 0.1) is 7.11 Å². The van der Waals surface area contributed by atoms with Crippen LogP contribution < -0.4 is 19.9 Å². The van der Waals surface area contributed by atoms with Gasteiger partial charge in [-0.15, -0.1) is 0 Å². The molecule has 11 nitrogen and oxygen atoms in total. The normalized spacial score (nSPS) is 14.7. The Bertz CT molecular complexity index is 1520. The van der Waals surface area contributed by atoms with Crippen molar-refractivity contribution in [2.75, 3.05) is 33.3 Å². The number of hydrogen-bond acceptors (Lipinski definition) is 6. The van der Waals surface area contributed by atoms with E-state index in [-0.39, 0.29) is 30.6 Å².